The maximum atomic E-state index is 5.30. The van der Waals surface area contributed by atoms with Crippen molar-refractivity contribution >= 4 is 11.6 Å². The van der Waals surface area contributed by atoms with E-state index in [-0.39, 0.29) is 0 Å². The summed E-state index contributed by atoms with van der Waals surface area (Å²) in [6.07, 6.45) is 4.26. The van der Waals surface area contributed by atoms with E-state index in [2.05, 4.69) is 0 Å². The predicted octanol–water partition coefficient (Wildman–Crippen LogP) is 2.57. The molecule has 0 fully saturated rings. The third-order valence-electron chi connectivity index (χ3n) is 0.988. The van der Waals surface area contributed by atoms with Gasteiger partial charge >= 0.3 is 0 Å². The number of halogens is 1. The molecule has 0 bridgehead atoms. The molecule has 0 unspecified atom stereocenters. The summed E-state index contributed by atoms with van der Waals surface area (Å²) in [7, 11) is 0. The molecule has 0 amide bonds. The van der Waals surface area contributed by atoms with Crippen molar-refractivity contribution in [2.24, 2.45) is 0 Å². The van der Waals surface area contributed by atoms with E-state index in [1.165, 1.54) is 5.54 Å². The highest BCUT2D eigenvalue weighted by molar-refractivity contribution is 6.25. The zero-order valence-corrected chi connectivity index (χ0v) is 5.64. The first-order valence-corrected chi connectivity index (χ1v) is 3.14. The number of allylic oxidation sites excluding steroid dienone is 1. The van der Waals surface area contributed by atoms with Gasteiger partial charge in [-0.05, 0) is 12.1 Å². The van der Waals surface area contributed by atoms with Crippen LogP contribution < -0.4 is 0 Å². The molecule has 1 aromatic heterocycles. The van der Waals surface area contributed by atoms with Crippen LogP contribution in [0.4, 0.5) is 0 Å². The lowest BCUT2D eigenvalue weighted by molar-refractivity contribution is 0.523. The van der Waals surface area contributed by atoms with Gasteiger partial charge in [-0.15, -0.1) is 0 Å². The van der Waals surface area contributed by atoms with Gasteiger partial charge in [0.05, 0.1) is 6.26 Å². The second-order valence-corrected chi connectivity index (χ2v) is 1.90. The van der Waals surface area contributed by atoms with Crippen LogP contribution in [0.2, 0.25) is 0 Å². The van der Waals surface area contributed by atoms with Crippen molar-refractivity contribution in [1.29, 1.82) is 0 Å². The molecule has 1 aromatic rings. The van der Waals surface area contributed by atoms with Crippen molar-refractivity contribution in [1.82, 2.24) is 0 Å². The Morgan fingerprint density at radius 1 is 1.67 bits per heavy atom. The van der Waals surface area contributed by atoms with Gasteiger partial charge in [0.2, 0.25) is 0 Å². The summed E-state index contributed by atoms with van der Waals surface area (Å²) in [5.74, 6) is 0.937. The first-order valence-electron chi connectivity index (χ1n) is 2.71. The second kappa shape index (κ2) is 3.36. The summed E-state index contributed by atoms with van der Waals surface area (Å²) in [4.78, 5) is 0. The number of rotatable bonds is 2. The molecule has 0 atom stereocenters. The second-order valence-electron chi connectivity index (χ2n) is 1.65. The van der Waals surface area contributed by atoms with Gasteiger partial charge in [0.25, 0.3) is 0 Å². The van der Waals surface area contributed by atoms with Crippen LogP contribution in [0.1, 0.15) is 5.76 Å². The molecule has 0 saturated carbocycles. The lowest BCUT2D eigenvalue weighted by Gasteiger charge is -1.83. The van der Waals surface area contributed by atoms with Crippen LogP contribution in [0.3, 0.4) is 0 Å². The van der Waals surface area contributed by atoms with Crippen molar-refractivity contribution < 1.29 is 4.42 Å². The summed E-state index contributed by atoms with van der Waals surface area (Å²) in [6.45, 7) is 0. The topological polar surface area (TPSA) is 13.1 Å². The molecule has 48 valence electrons. The average molecular weight is 143 g/mol. The van der Waals surface area contributed by atoms with E-state index in [4.69, 9.17) is 16.0 Å². The monoisotopic (exact) mass is 142 g/mol. The molecule has 1 rings (SSSR count). The van der Waals surface area contributed by atoms with Crippen LogP contribution in [-0.2, 0) is 6.42 Å². The summed E-state index contributed by atoms with van der Waals surface area (Å²) < 4.78 is 5.03. The van der Waals surface area contributed by atoms with E-state index in [1.54, 1.807) is 6.26 Å². The number of furan rings is 1. The summed E-state index contributed by atoms with van der Waals surface area (Å²) in [6, 6.07) is 3.77. The van der Waals surface area contributed by atoms with E-state index in [0.29, 0.717) is 0 Å². The van der Waals surface area contributed by atoms with Crippen LogP contribution >= 0.6 is 11.6 Å². The molecule has 0 N–H and O–H groups in total. The van der Waals surface area contributed by atoms with E-state index in [0.717, 1.165) is 12.2 Å². The van der Waals surface area contributed by atoms with Gasteiger partial charge in [-0.3, -0.25) is 0 Å². The maximum Gasteiger partial charge on any atom is 0.107 e. The molecule has 0 aliphatic carbocycles. The molecule has 0 radical (unpaired) electrons. The maximum absolute atomic E-state index is 5.30. The van der Waals surface area contributed by atoms with Gasteiger partial charge in [-0.2, -0.15) is 0 Å². The van der Waals surface area contributed by atoms with Gasteiger partial charge in [-0.1, -0.05) is 17.7 Å². The SMILES string of the molecule is ClC=CCc1ccco1. The Kier molecular flexibility index (Phi) is 2.40. The van der Waals surface area contributed by atoms with E-state index >= 15 is 0 Å². The fraction of sp³-hybridized carbons (Fsp3) is 0.143. The Hall–Kier alpha value is -0.690. The lowest BCUT2D eigenvalue weighted by Crippen LogP contribution is -1.70. The van der Waals surface area contributed by atoms with Gasteiger partial charge in [0, 0.05) is 12.0 Å². The third-order valence-corrected chi connectivity index (χ3v) is 1.17. The minimum absolute atomic E-state index is 0.774. The molecule has 9 heavy (non-hydrogen) atoms. The predicted molar refractivity (Wildman–Crippen MR) is 37.4 cm³/mol. The minimum Gasteiger partial charge on any atom is -0.469 e. The van der Waals surface area contributed by atoms with Crippen molar-refractivity contribution in [3.05, 3.63) is 35.8 Å². The average Bonchev–Trinajstić information content (AvgIpc) is 2.34. The molecule has 0 aliphatic heterocycles. The Labute approximate surface area is 58.9 Å². The van der Waals surface area contributed by atoms with Gasteiger partial charge in [0.1, 0.15) is 5.76 Å². The zero-order chi connectivity index (χ0) is 6.53. The molecule has 0 aromatic carbocycles. The summed E-state index contributed by atoms with van der Waals surface area (Å²) in [5.41, 5.74) is 1.49. The quantitative estimate of drug-likeness (QED) is 0.619. The molecule has 0 spiro atoms. The molecular weight excluding hydrogens is 136 g/mol. The summed E-state index contributed by atoms with van der Waals surface area (Å²) in [5, 5.41) is 0. The minimum atomic E-state index is 0.774. The largest absolute Gasteiger partial charge is 0.469 e. The summed E-state index contributed by atoms with van der Waals surface area (Å²) >= 11 is 5.30. The molecule has 0 aliphatic rings. The zero-order valence-electron chi connectivity index (χ0n) is 4.88. The molecule has 2 heteroatoms. The first-order chi connectivity index (χ1) is 4.43. The fourth-order valence-electron chi connectivity index (χ4n) is 0.589. The van der Waals surface area contributed by atoms with E-state index in [9.17, 15) is 0 Å². The van der Waals surface area contributed by atoms with Gasteiger partial charge < -0.3 is 4.42 Å². The Morgan fingerprint density at radius 3 is 3.11 bits per heavy atom. The Morgan fingerprint density at radius 2 is 2.56 bits per heavy atom. The van der Waals surface area contributed by atoms with Crippen LogP contribution in [0.15, 0.2) is 34.4 Å². The Balaban J connectivity index is 2.48. The molecule has 0 saturated heterocycles. The van der Waals surface area contributed by atoms with Crippen molar-refractivity contribution in [3.63, 3.8) is 0 Å². The molecule has 1 nitrogen and oxygen atoms in total. The highest BCUT2D eigenvalue weighted by atomic mass is 35.5. The number of hydrogen-bond acceptors (Lipinski definition) is 1. The van der Waals surface area contributed by atoms with Crippen LogP contribution in [0.5, 0.6) is 0 Å². The van der Waals surface area contributed by atoms with Gasteiger partial charge in [0.15, 0.2) is 0 Å². The standard InChI is InChI=1S/C7H7ClO/c8-5-1-3-7-4-2-6-9-7/h1-2,4-6H,3H2. The third kappa shape index (κ3) is 1.94. The smallest absolute Gasteiger partial charge is 0.107 e. The molecular formula is C7H7ClO. The van der Waals surface area contributed by atoms with Crippen LogP contribution in [0.25, 0.3) is 0 Å². The Bertz CT molecular complexity index is 177. The van der Waals surface area contributed by atoms with E-state index < -0.39 is 0 Å². The first kappa shape index (κ1) is 6.43. The van der Waals surface area contributed by atoms with Crippen molar-refractivity contribution in [3.8, 4) is 0 Å². The van der Waals surface area contributed by atoms with Crippen LogP contribution in [-0.4, -0.2) is 0 Å². The van der Waals surface area contributed by atoms with E-state index in [1.807, 2.05) is 18.2 Å². The van der Waals surface area contributed by atoms with Crippen molar-refractivity contribution in [2.45, 2.75) is 6.42 Å². The fourth-order valence-corrected chi connectivity index (χ4v) is 0.679. The van der Waals surface area contributed by atoms with Crippen molar-refractivity contribution in [2.75, 3.05) is 0 Å². The highest BCUT2D eigenvalue weighted by Gasteiger charge is 1.87. The lowest BCUT2D eigenvalue weighted by atomic mass is 10.3. The van der Waals surface area contributed by atoms with Crippen LogP contribution in [0, 0.1) is 0 Å². The number of hydrogen-bond donors (Lipinski definition) is 0. The van der Waals surface area contributed by atoms with Gasteiger partial charge in [-0.25, -0.2) is 0 Å². The molecule has 1 heterocycles. The highest BCUT2D eigenvalue weighted by Crippen LogP contribution is 2.01. The normalized spacial score (nSPS) is 10.8.